The quantitative estimate of drug-likeness (QED) is 0.907. The Morgan fingerprint density at radius 2 is 2.18 bits per heavy atom. The molecule has 2 rings (SSSR count). The summed E-state index contributed by atoms with van der Waals surface area (Å²) in [6.45, 7) is 2.09. The first-order valence-electron chi connectivity index (χ1n) is 5.45. The van der Waals surface area contributed by atoms with Crippen molar-refractivity contribution in [3.05, 3.63) is 35.1 Å². The average Bonchev–Trinajstić information content (AvgIpc) is 2.29. The highest BCUT2D eigenvalue weighted by Gasteiger charge is 2.09. The van der Waals surface area contributed by atoms with Crippen LogP contribution in [0.4, 0.5) is 5.82 Å². The number of aryl methyl sites for hydroxylation is 1. The molecule has 0 aromatic carbocycles. The highest BCUT2D eigenvalue weighted by molar-refractivity contribution is 6.32. The number of hydrogen-bond acceptors (Lipinski definition) is 4. The Morgan fingerprint density at radius 3 is 2.88 bits per heavy atom. The first kappa shape index (κ1) is 11.8. The molecular formula is C12H13ClN4. The third kappa shape index (κ3) is 2.71. The summed E-state index contributed by atoms with van der Waals surface area (Å²) in [5, 5.41) is 0.528. The Hall–Kier alpha value is -1.68. The van der Waals surface area contributed by atoms with E-state index >= 15 is 0 Å². The smallest absolute Gasteiger partial charge is 0.181 e. The lowest BCUT2D eigenvalue weighted by molar-refractivity contribution is 0.875. The van der Waals surface area contributed by atoms with Crippen molar-refractivity contribution in [3.8, 4) is 11.5 Å². The van der Waals surface area contributed by atoms with E-state index in [0.717, 1.165) is 18.5 Å². The summed E-state index contributed by atoms with van der Waals surface area (Å²) in [6.07, 6.45) is 3.53. The number of aromatic nitrogens is 3. The summed E-state index contributed by atoms with van der Waals surface area (Å²) in [5.41, 5.74) is 7.24. The monoisotopic (exact) mass is 248 g/mol. The molecule has 88 valence electrons. The lowest BCUT2D eigenvalue weighted by atomic mass is 10.2. The van der Waals surface area contributed by atoms with E-state index in [1.54, 1.807) is 24.4 Å². The van der Waals surface area contributed by atoms with Gasteiger partial charge in [0.25, 0.3) is 0 Å². The van der Waals surface area contributed by atoms with E-state index in [9.17, 15) is 0 Å². The zero-order valence-electron chi connectivity index (χ0n) is 9.52. The number of nitrogen functional groups attached to an aromatic ring is 1. The average molecular weight is 249 g/mol. The molecule has 2 aromatic rings. The van der Waals surface area contributed by atoms with Gasteiger partial charge in [-0.2, -0.15) is 0 Å². The SMILES string of the molecule is CCCc1cc(N)nc(-c2ncccc2Cl)n1. The van der Waals surface area contributed by atoms with Crippen LogP contribution < -0.4 is 5.73 Å². The van der Waals surface area contributed by atoms with Gasteiger partial charge in [-0.25, -0.2) is 9.97 Å². The van der Waals surface area contributed by atoms with Crippen molar-refractivity contribution in [2.75, 3.05) is 5.73 Å². The highest BCUT2D eigenvalue weighted by Crippen LogP contribution is 2.23. The minimum atomic E-state index is 0.445. The molecule has 0 amide bonds. The van der Waals surface area contributed by atoms with Crippen LogP contribution in [-0.2, 0) is 6.42 Å². The molecule has 0 saturated heterocycles. The van der Waals surface area contributed by atoms with Crippen molar-refractivity contribution in [1.82, 2.24) is 15.0 Å². The van der Waals surface area contributed by atoms with E-state index in [1.807, 2.05) is 0 Å². The predicted octanol–water partition coefficient (Wildman–Crippen LogP) is 2.73. The van der Waals surface area contributed by atoms with Crippen LogP contribution in [0.1, 0.15) is 19.0 Å². The molecule has 2 N–H and O–H groups in total. The minimum absolute atomic E-state index is 0.445. The number of anilines is 1. The second-order valence-electron chi connectivity index (χ2n) is 3.69. The lowest BCUT2D eigenvalue weighted by Crippen LogP contribution is -2.01. The second kappa shape index (κ2) is 5.10. The van der Waals surface area contributed by atoms with Crippen LogP contribution in [0, 0.1) is 0 Å². The van der Waals surface area contributed by atoms with Crippen molar-refractivity contribution >= 4 is 17.4 Å². The Morgan fingerprint density at radius 1 is 1.35 bits per heavy atom. The molecule has 0 aliphatic carbocycles. The van der Waals surface area contributed by atoms with E-state index in [0.29, 0.717) is 22.4 Å². The fourth-order valence-electron chi connectivity index (χ4n) is 1.56. The summed E-state index contributed by atoms with van der Waals surface area (Å²) in [4.78, 5) is 12.8. The lowest BCUT2D eigenvalue weighted by Gasteiger charge is -2.05. The van der Waals surface area contributed by atoms with Crippen molar-refractivity contribution in [1.29, 1.82) is 0 Å². The van der Waals surface area contributed by atoms with Crippen LogP contribution in [-0.4, -0.2) is 15.0 Å². The number of rotatable bonds is 3. The fourth-order valence-corrected chi connectivity index (χ4v) is 1.76. The molecule has 0 fully saturated rings. The van der Waals surface area contributed by atoms with Gasteiger partial charge in [-0.3, -0.25) is 4.98 Å². The molecule has 2 heterocycles. The van der Waals surface area contributed by atoms with E-state index in [-0.39, 0.29) is 0 Å². The van der Waals surface area contributed by atoms with Gasteiger partial charge in [0.05, 0.1) is 5.02 Å². The van der Waals surface area contributed by atoms with Crippen molar-refractivity contribution < 1.29 is 0 Å². The normalized spacial score (nSPS) is 10.5. The predicted molar refractivity (Wildman–Crippen MR) is 68.7 cm³/mol. The summed E-state index contributed by atoms with van der Waals surface area (Å²) in [5.74, 6) is 0.930. The topological polar surface area (TPSA) is 64.7 Å². The van der Waals surface area contributed by atoms with Gasteiger partial charge in [-0.05, 0) is 18.6 Å². The molecule has 0 unspecified atom stereocenters. The molecule has 0 spiro atoms. The van der Waals surface area contributed by atoms with Crippen LogP contribution in [0.15, 0.2) is 24.4 Å². The maximum absolute atomic E-state index is 6.06. The Labute approximate surface area is 105 Å². The molecule has 5 heteroatoms. The van der Waals surface area contributed by atoms with Gasteiger partial charge in [0.1, 0.15) is 11.5 Å². The molecule has 0 aliphatic rings. The van der Waals surface area contributed by atoms with Crippen LogP contribution in [0.5, 0.6) is 0 Å². The first-order chi connectivity index (χ1) is 8.20. The number of nitrogens with zero attached hydrogens (tertiary/aromatic N) is 3. The molecule has 0 radical (unpaired) electrons. The zero-order chi connectivity index (χ0) is 12.3. The summed E-state index contributed by atoms with van der Waals surface area (Å²) < 4.78 is 0. The standard InChI is InChI=1S/C12H13ClN4/c1-2-4-8-7-10(14)17-12(16-8)11-9(13)5-3-6-15-11/h3,5-7H,2,4H2,1H3,(H2,14,16,17). The Bertz CT molecular complexity index is 528. The third-order valence-electron chi connectivity index (χ3n) is 2.28. The van der Waals surface area contributed by atoms with Crippen molar-refractivity contribution in [2.45, 2.75) is 19.8 Å². The molecular weight excluding hydrogens is 236 g/mol. The van der Waals surface area contributed by atoms with E-state index < -0.39 is 0 Å². The summed E-state index contributed by atoms with van der Waals surface area (Å²) >= 11 is 6.06. The maximum Gasteiger partial charge on any atom is 0.181 e. The van der Waals surface area contributed by atoms with Gasteiger partial charge >= 0.3 is 0 Å². The van der Waals surface area contributed by atoms with Crippen LogP contribution in [0.2, 0.25) is 5.02 Å². The van der Waals surface area contributed by atoms with Crippen molar-refractivity contribution in [2.24, 2.45) is 0 Å². The van der Waals surface area contributed by atoms with Gasteiger partial charge in [0, 0.05) is 18.0 Å². The van der Waals surface area contributed by atoms with Gasteiger partial charge in [0.15, 0.2) is 5.82 Å². The summed E-state index contributed by atoms with van der Waals surface area (Å²) in [6, 6.07) is 5.31. The third-order valence-corrected chi connectivity index (χ3v) is 2.58. The minimum Gasteiger partial charge on any atom is -0.384 e. The molecule has 17 heavy (non-hydrogen) atoms. The van der Waals surface area contributed by atoms with Crippen molar-refractivity contribution in [3.63, 3.8) is 0 Å². The Balaban J connectivity index is 2.48. The maximum atomic E-state index is 6.06. The summed E-state index contributed by atoms with van der Waals surface area (Å²) in [7, 11) is 0. The van der Waals surface area contributed by atoms with E-state index in [1.165, 1.54) is 0 Å². The fraction of sp³-hybridized carbons (Fsp3) is 0.250. The van der Waals surface area contributed by atoms with Gasteiger partial charge < -0.3 is 5.73 Å². The number of halogens is 1. The molecule has 0 atom stereocenters. The Kier molecular flexibility index (Phi) is 3.54. The number of pyridine rings is 1. The van der Waals surface area contributed by atoms with Crippen LogP contribution >= 0.6 is 11.6 Å². The van der Waals surface area contributed by atoms with Crippen LogP contribution in [0.25, 0.3) is 11.5 Å². The largest absolute Gasteiger partial charge is 0.384 e. The van der Waals surface area contributed by atoms with Gasteiger partial charge in [-0.15, -0.1) is 0 Å². The molecule has 2 aromatic heterocycles. The molecule has 0 saturated carbocycles. The molecule has 0 bridgehead atoms. The van der Waals surface area contributed by atoms with Crippen LogP contribution in [0.3, 0.4) is 0 Å². The zero-order valence-corrected chi connectivity index (χ0v) is 10.3. The molecule has 0 aliphatic heterocycles. The first-order valence-corrected chi connectivity index (χ1v) is 5.83. The van der Waals surface area contributed by atoms with Gasteiger partial charge in [-0.1, -0.05) is 24.9 Å². The number of hydrogen-bond donors (Lipinski definition) is 1. The van der Waals surface area contributed by atoms with E-state index in [4.69, 9.17) is 17.3 Å². The van der Waals surface area contributed by atoms with Gasteiger partial charge in [0.2, 0.25) is 0 Å². The second-order valence-corrected chi connectivity index (χ2v) is 4.10. The van der Waals surface area contributed by atoms with E-state index in [2.05, 4.69) is 21.9 Å². The highest BCUT2D eigenvalue weighted by atomic mass is 35.5. The number of nitrogens with two attached hydrogens (primary N) is 1. The molecule has 4 nitrogen and oxygen atoms in total.